The van der Waals surface area contributed by atoms with E-state index in [-0.39, 0.29) is 24.0 Å². The molecule has 0 spiro atoms. The van der Waals surface area contributed by atoms with Crippen LogP contribution in [0.25, 0.3) is 0 Å². The second-order valence-electron chi connectivity index (χ2n) is 4.86. The quantitative estimate of drug-likeness (QED) is 0.846. The second-order valence-corrected chi connectivity index (χ2v) is 4.86. The average Bonchev–Trinajstić information content (AvgIpc) is 2.32. The molecule has 0 saturated carbocycles. The molecule has 0 aromatic heterocycles. The maximum Gasteiger partial charge on any atom is 0.115 e. The third-order valence-corrected chi connectivity index (χ3v) is 3.53. The first-order valence-electron chi connectivity index (χ1n) is 6.34. The predicted octanol–water partition coefficient (Wildman–Crippen LogP) is 2.52. The molecule has 3 heteroatoms. The first-order valence-corrected chi connectivity index (χ1v) is 6.34. The number of fused-ring (bicyclic) bond motifs is 1. The molecule has 2 rings (SSSR count). The second kappa shape index (κ2) is 5.07. The lowest BCUT2D eigenvalue weighted by Gasteiger charge is -2.33. The Morgan fingerprint density at radius 2 is 2.29 bits per heavy atom. The minimum absolute atomic E-state index is 0.0262. The van der Waals surface area contributed by atoms with Gasteiger partial charge in [-0.3, -0.25) is 0 Å². The number of benzene rings is 1. The van der Waals surface area contributed by atoms with E-state index in [2.05, 4.69) is 13.8 Å². The topological polar surface area (TPSA) is 55.5 Å². The minimum atomic E-state index is -0.0826. The van der Waals surface area contributed by atoms with E-state index >= 15 is 0 Å². The fraction of sp³-hybridized carbons (Fsp3) is 0.571. The van der Waals surface area contributed by atoms with E-state index in [0.717, 1.165) is 24.8 Å². The van der Waals surface area contributed by atoms with Gasteiger partial charge in [-0.15, -0.1) is 0 Å². The summed E-state index contributed by atoms with van der Waals surface area (Å²) in [7, 11) is 0. The number of hydrogen-bond donors (Lipinski definition) is 2. The lowest BCUT2D eigenvalue weighted by molar-refractivity contribution is -0.0243. The highest BCUT2D eigenvalue weighted by Gasteiger charge is 2.29. The molecule has 1 aromatic rings. The van der Waals surface area contributed by atoms with Gasteiger partial charge >= 0.3 is 0 Å². The number of hydrogen-bond acceptors (Lipinski definition) is 3. The Hall–Kier alpha value is -1.06. The van der Waals surface area contributed by atoms with Crippen molar-refractivity contribution in [2.45, 2.75) is 51.4 Å². The number of nitrogens with two attached hydrogens (primary N) is 1. The van der Waals surface area contributed by atoms with Crippen LogP contribution < -0.4 is 5.73 Å². The van der Waals surface area contributed by atoms with E-state index in [0.29, 0.717) is 0 Å². The molecule has 3 nitrogen and oxygen atoms in total. The zero-order valence-electron chi connectivity index (χ0n) is 10.5. The molecule has 3 atom stereocenters. The molecule has 0 radical (unpaired) electrons. The van der Waals surface area contributed by atoms with Gasteiger partial charge in [0.15, 0.2) is 0 Å². The van der Waals surface area contributed by atoms with Crippen LogP contribution in [0.15, 0.2) is 18.2 Å². The Balaban J connectivity index is 2.28. The van der Waals surface area contributed by atoms with Gasteiger partial charge in [0, 0.05) is 6.04 Å². The lowest BCUT2D eigenvalue weighted by Crippen LogP contribution is -2.36. The first kappa shape index (κ1) is 12.4. The van der Waals surface area contributed by atoms with Crippen LogP contribution in [-0.2, 0) is 11.2 Å². The maximum absolute atomic E-state index is 9.59. The molecule has 3 N–H and O–H groups in total. The smallest absolute Gasteiger partial charge is 0.115 e. The molecule has 0 amide bonds. The third-order valence-electron chi connectivity index (χ3n) is 3.53. The predicted molar refractivity (Wildman–Crippen MR) is 68.0 cm³/mol. The maximum atomic E-state index is 9.59. The summed E-state index contributed by atoms with van der Waals surface area (Å²) >= 11 is 0. The normalized spacial score (nSPS) is 25.4. The number of phenols is 1. The first-order chi connectivity index (χ1) is 8.11. The van der Waals surface area contributed by atoms with Crippen molar-refractivity contribution in [3.05, 3.63) is 29.3 Å². The molecule has 0 fully saturated rings. The monoisotopic (exact) mass is 235 g/mol. The van der Waals surface area contributed by atoms with Gasteiger partial charge in [-0.05, 0) is 49.4 Å². The van der Waals surface area contributed by atoms with Crippen LogP contribution in [0.5, 0.6) is 5.75 Å². The molecular weight excluding hydrogens is 214 g/mol. The molecule has 1 aliphatic rings. The van der Waals surface area contributed by atoms with Crippen LogP contribution in [-0.4, -0.2) is 17.3 Å². The van der Waals surface area contributed by atoms with Crippen LogP contribution in [0.3, 0.4) is 0 Å². The summed E-state index contributed by atoms with van der Waals surface area (Å²) in [6.07, 6.45) is 2.99. The highest BCUT2D eigenvalue weighted by Crippen LogP contribution is 2.35. The Morgan fingerprint density at radius 1 is 1.53 bits per heavy atom. The van der Waals surface area contributed by atoms with E-state index in [4.69, 9.17) is 10.5 Å². The minimum Gasteiger partial charge on any atom is -0.508 e. The number of aromatic hydroxyl groups is 1. The van der Waals surface area contributed by atoms with Crippen LogP contribution in [0.2, 0.25) is 0 Å². The van der Waals surface area contributed by atoms with Gasteiger partial charge in [0.25, 0.3) is 0 Å². The molecule has 3 unspecified atom stereocenters. The van der Waals surface area contributed by atoms with Gasteiger partial charge in [-0.1, -0.05) is 13.0 Å². The average molecular weight is 235 g/mol. The van der Waals surface area contributed by atoms with E-state index in [1.54, 1.807) is 12.1 Å². The van der Waals surface area contributed by atoms with Crippen LogP contribution in [0, 0.1) is 0 Å². The number of aryl methyl sites for hydroxylation is 1. The largest absolute Gasteiger partial charge is 0.508 e. The summed E-state index contributed by atoms with van der Waals surface area (Å²) in [5.41, 5.74) is 8.45. The highest BCUT2D eigenvalue weighted by atomic mass is 16.5. The fourth-order valence-electron chi connectivity index (χ4n) is 2.30. The van der Waals surface area contributed by atoms with E-state index < -0.39 is 0 Å². The molecule has 0 heterocycles. The van der Waals surface area contributed by atoms with Gasteiger partial charge < -0.3 is 15.6 Å². The lowest BCUT2D eigenvalue weighted by atomic mass is 9.86. The van der Waals surface area contributed by atoms with Crippen LogP contribution in [0.1, 0.15) is 43.9 Å². The Bertz CT molecular complexity index is 392. The number of rotatable bonds is 3. The summed E-state index contributed by atoms with van der Waals surface area (Å²) in [6.45, 7) is 4.16. The van der Waals surface area contributed by atoms with Gasteiger partial charge in [0.1, 0.15) is 5.75 Å². The SMILES string of the molecule is CCC(C)OC1c2cc(O)ccc2CCC1N. The zero-order chi connectivity index (χ0) is 12.4. The van der Waals surface area contributed by atoms with Crippen molar-refractivity contribution in [1.29, 1.82) is 0 Å². The van der Waals surface area contributed by atoms with E-state index in [9.17, 15) is 5.11 Å². The summed E-state index contributed by atoms with van der Waals surface area (Å²) < 4.78 is 6.00. The standard InChI is InChI=1S/C14H21NO2/c1-3-9(2)17-14-12-8-11(16)6-4-10(12)5-7-13(14)15/h4,6,8-9,13-14,16H,3,5,7,15H2,1-2H3. The summed E-state index contributed by atoms with van der Waals surface area (Å²) in [4.78, 5) is 0. The summed E-state index contributed by atoms with van der Waals surface area (Å²) in [6, 6.07) is 5.53. The van der Waals surface area contributed by atoms with Crippen molar-refractivity contribution in [2.75, 3.05) is 0 Å². The van der Waals surface area contributed by atoms with Crippen molar-refractivity contribution in [3.63, 3.8) is 0 Å². The van der Waals surface area contributed by atoms with Crippen molar-refractivity contribution in [1.82, 2.24) is 0 Å². The van der Waals surface area contributed by atoms with Gasteiger partial charge in [-0.25, -0.2) is 0 Å². The molecule has 94 valence electrons. The molecule has 0 saturated heterocycles. The van der Waals surface area contributed by atoms with Gasteiger partial charge in [0.05, 0.1) is 12.2 Å². The van der Waals surface area contributed by atoms with E-state index in [1.165, 1.54) is 5.56 Å². The molecule has 0 aliphatic heterocycles. The summed E-state index contributed by atoms with van der Waals surface area (Å²) in [5, 5.41) is 9.59. The molecular formula is C14H21NO2. The Kier molecular flexibility index (Phi) is 3.69. The number of ether oxygens (including phenoxy) is 1. The van der Waals surface area contributed by atoms with Crippen LogP contribution in [0.4, 0.5) is 0 Å². The van der Waals surface area contributed by atoms with Crippen molar-refractivity contribution in [3.8, 4) is 5.75 Å². The highest BCUT2D eigenvalue weighted by molar-refractivity contribution is 5.39. The zero-order valence-corrected chi connectivity index (χ0v) is 10.5. The van der Waals surface area contributed by atoms with Gasteiger partial charge in [-0.2, -0.15) is 0 Å². The van der Waals surface area contributed by atoms with Crippen molar-refractivity contribution >= 4 is 0 Å². The van der Waals surface area contributed by atoms with E-state index in [1.807, 2.05) is 6.07 Å². The van der Waals surface area contributed by atoms with Crippen molar-refractivity contribution in [2.24, 2.45) is 5.73 Å². The van der Waals surface area contributed by atoms with Gasteiger partial charge in [0.2, 0.25) is 0 Å². The van der Waals surface area contributed by atoms with Crippen molar-refractivity contribution < 1.29 is 9.84 Å². The fourth-order valence-corrected chi connectivity index (χ4v) is 2.30. The number of phenolic OH excluding ortho intramolecular Hbond substituents is 1. The molecule has 1 aromatic carbocycles. The molecule has 1 aliphatic carbocycles. The molecule has 17 heavy (non-hydrogen) atoms. The molecule has 0 bridgehead atoms. The Morgan fingerprint density at radius 3 is 3.00 bits per heavy atom. The van der Waals surface area contributed by atoms with Crippen LogP contribution >= 0.6 is 0 Å². The summed E-state index contributed by atoms with van der Waals surface area (Å²) in [5.74, 6) is 0.288. The Labute approximate surface area is 103 Å². The third kappa shape index (κ3) is 2.61.